The molecule has 0 atom stereocenters. The molecular formula is C87H80F3N15O13S2. The normalized spacial score (nSPS) is 14.7. The highest BCUT2D eigenvalue weighted by Crippen LogP contribution is 2.41. The van der Waals surface area contributed by atoms with Crippen LogP contribution in [-0.4, -0.2) is 174 Å². The Morgan fingerprint density at radius 1 is 0.650 bits per heavy atom. The first-order valence-corrected chi connectivity index (χ1v) is 40.4. The van der Waals surface area contributed by atoms with Crippen molar-refractivity contribution >= 4 is 118 Å². The molecule has 4 saturated heterocycles. The summed E-state index contributed by atoms with van der Waals surface area (Å²) in [5, 5.41) is 13.9. The van der Waals surface area contributed by atoms with Crippen LogP contribution in [0.2, 0.25) is 0 Å². The van der Waals surface area contributed by atoms with E-state index in [1.54, 1.807) is 116 Å². The minimum Gasteiger partial charge on any atom is -0.507 e. The highest BCUT2D eigenvalue weighted by atomic mass is 32.2. The number of imidazole rings is 1. The molecule has 11 heterocycles. The van der Waals surface area contributed by atoms with Gasteiger partial charge in [-0.25, -0.2) is 51.5 Å². The Balaban J connectivity index is 0.000000129. The molecule has 120 heavy (non-hydrogen) atoms. The predicted octanol–water partition coefficient (Wildman–Crippen LogP) is 15.7. The fourth-order valence-electron chi connectivity index (χ4n) is 13.5. The number of ether oxygens (including phenoxy) is 6. The number of carbonyl (C=O) groups is 2. The van der Waals surface area contributed by atoms with Gasteiger partial charge in [0.2, 0.25) is 23.6 Å². The zero-order chi connectivity index (χ0) is 83.6. The molecule has 4 fully saturated rings. The number of hydrogen-bond donors (Lipinski definition) is 3. The van der Waals surface area contributed by atoms with Crippen molar-refractivity contribution in [2.45, 2.75) is 38.0 Å². The van der Waals surface area contributed by atoms with E-state index in [1.165, 1.54) is 48.6 Å². The van der Waals surface area contributed by atoms with Gasteiger partial charge in [-0.05, 0) is 122 Å². The van der Waals surface area contributed by atoms with E-state index >= 15 is 0 Å². The van der Waals surface area contributed by atoms with Crippen LogP contribution in [0.4, 0.5) is 48.2 Å². The molecule has 0 spiro atoms. The van der Waals surface area contributed by atoms with Crippen LogP contribution in [-0.2, 0) is 35.4 Å². The second kappa shape index (κ2) is 36.7. The van der Waals surface area contributed by atoms with Crippen LogP contribution in [0, 0.1) is 19.7 Å². The van der Waals surface area contributed by atoms with Crippen molar-refractivity contribution in [1.29, 1.82) is 0 Å². The fourth-order valence-corrected chi connectivity index (χ4v) is 15.5. The van der Waals surface area contributed by atoms with Crippen molar-refractivity contribution in [1.82, 2.24) is 49.4 Å². The van der Waals surface area contributed by atoms with Gasteiger partial charge in [0, 0.05) is 104 Å². The zero-order valence-corrected chi connectivity index (χ0v) is 67.3. The number of anilines is 6. The van der Waals surface area contributed by atoms with Gasteiger partial charge in [-0.15, -0.1) is 0 Å². The summed E-state index contributed by atoms with van der Waals surface area (Å²) >= 11 is 1.14. The number of nitrogens with zero attached hydrogens (tertiary/aromatic N) is 13. The molecule has 4 aliphatic heterocycles. The van der Waals surface area contributed by atoms with Crippen LogP contribution >= 0.6 is 11.8 Å². The molecule has 4 aliphatic rings. The number of thioether (sulfide) groups is 1. The van der Waals surface area contributed by atoms with E-state index in [4.69, 9.17) is 47.2 Å². The molecule has 0 bridgehead atoms. The van der Waals surface area contributed by atoms with Crippen molar-refractivity contribution < 1.29 is 73.5 Å². The maximum Gasteiger partial charge on any atom is 0.296 e. The van der Waals surface area contributed by atoms with Gasteiger partial charge in [0.05, 0.1) is 98.9 Å². The molecule has 14 aromatic rings. The van der Waals surface area contributed by atoms with Crippen molar-refractivity contribution in [3.8, 4) is 51.7 Å². The molecule has 0 amide bonds. The largest absolute Gasteiger partial charge is 0.507 e. The average Bonchev–Trinajstić information content (AvgIpc) is 1.58. The number of sulfonamides is 1. The van der Waals surface area contributed by atoms with Gasteiger partial charge >= 0.3 is 0 Å². The van der Waals surface area contributed by atoms with Gasteiger partial charge in [0.1, 0.15) is 45.9 Å². The third kappa shape index (κ3) is 18.9. The van der Waals surface area contributed by atoms with Crippen molar-refractivity contribution in [3.63, 3.8) is 0 Å². The minimum atomic E-state index is -4.13. The topological polar surface area (TPSA) is 325 Å². The number of fused-ring (bicyclic) bond motifs is 5. The molecule has 33 heteroatoms. The zero-order valence-electron chi connectivity index (χ0n) is 65.7. The van der Waals surface area contributed by atoms with Crippen molar-refractivity contribution in [2.75, 3.05) is 125 Å². The fraction of sp³-hybridized carbons (Fsp3) is 0.230. The summed E-state index contributed by atoms with van der Waals surface area (Å²) in [5.74, 6) is 4.13. The number of benzene rings is 7. The number of carbonyl (C=O) groups excluding carboxylic acids is 2. The van der Waals surface area contributed by atoms with E-state index in [9.17, 15) is 36.3 Å². The number of phenolic OH excluding ortho intramolecular Hbond substituents is 1. The number of halogens is 3. The van der Waals surface area contributed by atoms with Crippen LogP contribution in [0.3, 0.4) is 0 Å². The van der Waals surface area contributed by atoms with E-state index in [0.717, 1.165) is 69.2 Å². The first kappa shape index (κ1) is 81.8. The Bertz CT molecular complexity index is 6250. The number of alkyl halides is 2. The molecule has 28 nitrogen and oxygen atoms in total. The molecule has 0 aliphatic carbocycles. The number of allylic oxidation sites excluding steroid dienone is 1. The number of methoxy groups -OCH3 is 3. The monoisotopic (exact) mass is 1660 g/mol. The van der Waals surface area contributed by atoms with Crippen LogP contribution in [0.25, 0.3) is 79.0 Å². The van der Waals surface area contributed by atoms with E-state index in [1.807, 2.05) is 53.1 Å². The van der Waals surface area contributed by atoms with E-state index in [0.29, 0.717) is 174 Å². The molecule has 7 aromatic carbocycles. The number of aromatic nitrogens is 10. The molecule has 0 radical (unpaired) electrons. The number of aryl methyl sites for hydroxylation is 2. The number of ketones is 1. The molecule has 614 valence electrons. The summed E-state index contributed by atoms with van der Waals surface area (Å²) in [4.78, 5) is 72.4. The van der Waals surface area contributed by atoms with Gasteiger partial charge in [-0.2, -0.15) is 15.0 Å². The maximum atomic E-state index is 13.9. The Hall–Kier alpha value is -13.3. The van der Waals surface area contributed by atoms with Gasteiger partial charge in [-0.1, -0.05) is 90.6 Å². The van der Waals surface area contributed by atoms with Gasteiger partial charge in [-0.3, -0.25) is 18.9 Å². The minimum absolute atomic E-state index is 0.00582. The predicted molar refractivity (Wildman–Crippen MR) is 451 cm³/mol. The number of aromatic hydroxyl groups is 1. The lowest BCUT2D eigenvalue weighted by Crippen LogP contribution is -2.40. The van der Waals surface area contributed by atoms with Crippen molar-refractivity contribution in [3.05, 3.63) is 239 Å². The second-order valence-electron chi connectivity index (χ2n) is 27.8. The number of rotatable bonds is 19. The standard InChI is InChI=1S/C32H30N4O6S.C20H18N4O2.C19H21F2N7O2.C16H11FO3S/c1-20-12-13-22(16-30(20)42-4)29(37)15-21-8-7-9-26(14-21)43(38,39)36-32-31(34-27-10-5-6-11-28(27)35-32)33-23-17-24(40-2)19-25(18-23)41-3;1-13-4-2-5-14(12-13)18-22-16-15-6-3-7-21-20(15)26-17(16)19(23-18)24-8-10-25-11-9-24;20-15(21)16-22-13-3-1-2-4-14(13)28(16)19-24-17(26-5-9-29-10-6-26)23-18(25-19)27-7-11-30-12-8-27;1-9-6-16(19)21-15(9)8-11-3-5-14(20-11)12-4-2-10(17)7-13(12)18/h5-14,16-19H,15H2,1-4H3,(H,33,34)(H,35,36);2-7,12H,8-11H2,1H3;1-4,15H,5-12H2;2-5,7-8,18H,1,6H2/b;;;15-8-. The van der Waals surface area contributed by atoms with Crippen LogP contribution in [0.1, 0.15) is 51.5 Å². The molecule has 0 unspecified atom stereocenters. The lowest BCUT2D eigenvalue weighted by atomic mass is 10.0. The van der Waals surface area contributed by atoms with Crippen molar-refractivity contribution in [2.24, 2.45) is 0 Å². The number of para-hydroxylation sites is 4. The maximum absolute atomic E-state index is 13.9. The lowest BCUT2D eigenvalue weighted by molar-refractivity contribution is -0.110. The number of morpholine rings is 3. The second-order valence-corrected chi connectivity index (χ2v) is 30.6. The number of Topliss-reactive ketones (excluding diaryl/α,β-unsaturated/α-hetero) is 1. The lowest BCUT2D eigenvalue weighted by Gasteiger charge is -2.30. The summed E-state index contributed by atoms with van der Waals surface area (Å²) in [7, 11) is 0.483. The van der Waals surface area contributed by atoms with Crippen LogP contribution in [0.5, 0.6) is 23.0 Å². The third-order valence-corrected chi connectivity index (χ3v) is 21.9. The SMILES string of the molecule is C=C1CC(=O)S/C1=C\c1ccc(-c2ccc(F)cc2O)o1.COc1cc(Nc2nc3ccccc3nc2NS(=O)(=O)c2cccc(CC(=O)c3ccc(C)c(OC)c3)c2)cc(OC)c1.Cc1cccc(-c2nc(N3CCOCC3)c3oc4ncccc4c3n2)c1.FC(F)c1nc2ccccc2n1-c1nc(N2CCOCC2)nc(N2CCOCC2)n1. The molecule has 0 saturated carbocycles. The summed E-state index contributed by atoms with van der Waals surface area (Å²) in [6.07, 6.45) is 1.06. The van der Waals surface area contributed by atoms with E-state index in [2.05, 4.69) is 75.5 Å². The molecular weight excluding hydrogens is 1580 g/mol. The average molecular weight is 1660 g/mol. The van der Waals surface area contributed by atoms with E-state index < -0.39 is 22.3 Å². The van der Waals surface area contributed by atoms with Crippen LogP contribution < -0.4 is 38.9 Å². The van der Waals surface area contributed by atoms with Gasteiger partial charge in [0.15, 0.2) is 45.6 Å². The summed E-state index contributed by atoms with van der Waals surface area (Å²) in [5.41, 5.74) is 9.99. The highest BCUT2D eigenvalue weighted by molar-refractivity contribution is 8.17. The summed E-state index contributed by atoms with van der Waals surface area (Å²) in [6.45, 7) is 15.5. The van der Waals surface area contributed by atoms with Crippen LogP contribution in [0.15, 0.2) is 213 Å². The Morgan fingerprint density at radius 2 is 1.31 bits per heavy atom. The Labute approximate surface area is 690 Å². The quantitative estimate of drug-likeness (QED) is 0.0633. The first-order chi connectivity index (χ1) is 58.2. The number of phenols is 1. The highest BCUT2D eigenvalue weighted by Gasteiger charge is 2.29. The molecule has 7 aromatic heterocycles. The third-order valence-electron chi connectivity index (χ3n) is 19.6. The number of pyridine rings is 1. The molecule has 18 rings (SSSR count). The van der Waals surface area contributed by atoms with Gasteiger partial charge in [0.25, 0.3) is 16.4 Å². The smallest absolute Gasteiger partial charge is 0.296 e. The summed E-state index contributed by atoms with van der Waals surface area (Å²) in [6, 6.07) is 50.0. The molecule has 3 N–H and O–H groups in total. The number of nitrogens with one attached hydrogen (secondary N) is 2. The van der Waals surface area contributed by atoms with Gasteiger partial charge < -0.3 is 62.4 Å². The summed E-state index contributed by atoms with van der Waals surface area (Å²) < 4.78 is 116. The first-order valence-electron chi connectivity index (χ1n) is 38.1. The number of hydrogen-bond acceptors (Lipinski definition) is 27. The Kier molecular flexibility index (Phi) is 25.0. The Morgan fingerprint density at radius 3 is 1.96 bits per heavy atom. The number of furan rings is 2. The van der Waals surface area contributed by atoms with E-state index in [-0.39, 0.29) is 51.4 Å².